The molecule has 6 heteroatoms. The van der Waals surface area contributed by atoms with Crippen LogP contribution in [0.5, 0.6) is 0 Å². The van der Waals surface area contributed by atoms with Crippen LogP contribution >= 0.6 is 0 Å². The lowest BCUT2D eigenvalue weighted by Crippen LogP contribution is -1.87. The fourth-order valence-corrected chi connectivity index (χ4v) is 3.12. The molecule has 0 aliphatic heterocycles. The highest BCUT2D eigenvalue weighted by atomic mass is 16.4. The summed E-state index contributed by atoms with van der Waals surface area (Å²) in [7, 11) is 0. The Labute approximate surface area is 160 Å². The molecular formula is C22H15N3O3. The van der Waals surface area contributed by atoms with Gasteiger partial charge in [-0.3, -0.25) is 0 Å². The van der Waals surface area contributed by atoms with Crippen LogP contribution in [0.4, 0.5) is 5.82 Å². The average molecular weight is 369 g/mol. The molecule has 0 atom stereocenters. The molecule has 5 aromatic rings. The Bertz CT molecular complexity index is 1270. The number of aryl methyl sites for hydroxylation is 1. The van der Waals surface area contributed by atoms with Crippen LogP contribution in [-0.4, -0.2) is 16.2 Å². The quantitative estimate of drug-likeness (QED) is 0.374. The molecule has 0 N–H and O–H groups in total. The van der Waals surface area contributed by atoms with Crippen LogP contribution in [0.3, 0.4) is 0 Å². The van der Waals surface area contributed by atoms with Gasteiger partial charge in [-0.25, -0.2) is 15.0 Å². The van der Waals surface area contributed by atoms with Gasteiger partial charge < -0.3 is 13.3 Å². The Morgan fingerprint density at radius 3 is 2.43 bits per heavy atom. The summed E-state index contributed by atoms with van der Waals surface area (Å²) in [6.07, 6.45) is 6.44. The molecule has 0 saturated carbocycles. The molecule has 0 spiro atoms. The van der Waals surface area contributed by atoms with Crippen LogP contribution < -0.4 is 0 Å². The fraction of sp³-hybridized carbons (Fsp3) is 0.0455. The van der Waals surface area contributed by atoms with Gasteiger partial charge in [-0.2, -0.15) is 0 Å². The first-order chi connectivity index (χ1) is 13.8. The van der Waals surface area contributed by atoms with Crippen molar-refractivity contribution < 1.29 is 13.3 Å². The number of benzene rings is 1. The topological polar surface area (TPSA) is 77.6 Å². The van der Waals surface area contributed by atoms with Gasteiger partial charge in [0.25, 0.3) is 0 Å². The maximum absolute atomic E-state index is 6.01. The molecule has 0 amide bonds. The monoisotopic (exact) mass is 369 g/mol. The Morgan fingerprint density at radius 1 is 0.893 bits per heavy atom. The molecular weight excluding hydrogens is 354 g/mol. The Balaban J connectivity index is 1.74. The Kier molecular flexibility index (Phi) is 3.87. The summed E-state index contributed by atoms with van der Waals surface area (Å²) in [4.78, 5) is 13.3. The van der Waals surface area contributed by atoms with E-state index in [-0.39, 0.29) is 0 Å². The first-order valence-electron chi connectivity index (χ1n) is 8.76. The van der Waals surface area contributed by atoms with E-state index in [9.17, 15) is 0 Å². The number of aromatic nitrogens is 2. The Morgan fingerprint density at radius 2 is 1.68 bits per heavy atom. The maximum atomic E-state index is 6.01. The minimum absolute atomic E-state index is 0.421. The first kappa shape index (κ1) is 16.3. The van der Waals surface area contributed by atoms with Crippen LogP contribution in [0.25, 0.3) is 33.9 Å². The summed E-state index contributed by atoms with van der Waals surface area (Å²) < 4.78 is 17.2. The molecule has 0 aliphatic rings. The highest BCUT2D eigenvalue weighted by Crippen LogP contribution is 2.43. The minimum atomic E-state index is 0.421. The SMILES string of the molecule is Cc1ccccc1C=Nc1ncnc2oc(-c3ccco3)c(-c3ccco3)c12. The van der Waals surface area contributed by atoms with Crippen molar-refractivity contribution in [3.05, 3.63) is 78.5 Å². The molecule has 0 fully saturated rings. The summed E-state index contributed by atoms with van der Waals surface area (Å²) in [5.41, 5.74) is 3.28. The number of fused-ring (bicyclic) bond motifs is 1. The predicted molar refractivity (Wildman–Crippen MR) is 106 cm³/mol. The summed E-state index contributed by atoms with van der Waals surface area (Å²) >= 11 is 0. The zero-order valence-electron chi connectivity index (χ0n) is 15.0. The predicted octanol–water partition coefficient (Wildman–Crippen LogP) is 5.80. The highest BCUT2D eigenvalue weighted by Gasteiger charge is 2.24. The molecule has 5 rings (SSSR count). The van der Waals surface area contributed by atoms with E-state index >= 15 is 0 Å². The molecule has 6 nitrogen and oxygen atoms in total. The number of nitrogens with zero attached hydrogens (tertiary/aromatic N) is 3. The van der Waals surface area contributed by atoms with E-state index in [1.807, 2.05) is 49.4 Å². The largest absolute Gasteiger partial charge is 0.464 e. The number of furan rings is 3. The summed E-state index contributed by atoms with van der Waals surface area (Å²) in [5.74, 6) is 2.24. The smallest absolute Gasteiger partial charge is 0.232 e. The van der Waals surface area contributed by atoms with Crippen molar-refractivity contribution in [2.75, 3.05) is 0 Å². The van der Waals surface area contributed by atoms with E-state index in [1.54, 1.807) is 24.8 Å². The van der Waals surface area contributed by atoms with Crippen molar-refractivity contribution in [1.82, 2.24) is 9.97 Å². The Hall–Kier alpha value is -3.93. The summed E-state index contributed by atoms with van der Waals surface area (Å²) in [5, 5.41) is 0.675. The van der Waals surface area contributed by atoms with Crippen molar-refractivity contribution in [3.63, 3.8) is 0 Å². The lowest BCUT2D eigenvalue weighted by atomic mass is 10.1. The summed E-state index contributed by atoms with van der Waals surface area (Å²) in [6, 6.07) is 15.3. The van der Waals surface area contributed by atoms with Crippen molar-refractivity contribution >= 4 is 23.1 Å². The average Bonchev–Trinajstić information content (AvgIpc) is 3.46. The van der Waals surface area contributed by atoms with Gasteiger partial charge in [-0.1, -0.05) is 24.3 Å². The third kappa shape index (κ3) is 2.72. The van der Waals surface area contributed by atoms with E-state index in [0.29, 0.717) is 39.8 Å². The lowest BCUT2D eigenvalue weighted by molar-refractivity contribution is 0.536. The molecule has 0 bridgehead atoms. The van der Waals surface area contributed by atoms with Crippen molar-refractivity contribution in [3.8, 4) is 22.8 Å². The van der Waals surface area contributed by atoms with Gasteiger partial charge in [0.1, 0.15) is 12.1 Å². The molecule has 0 unspecified atom stereocenters. The molecule has 0 radical (unpaired) electrons. The number of hydrogen-bond donors (Lipinski definition) is 0. The van der Waals surface area contributed by atoms with E-state index < -0.39 is 0 Å². The highest BCUT2D eigenvalue weighted by molar-refractivity contribution is 6.04. The van der Waals surface area contributed by atoms with Gasteiger partial charge in [0.2, 0.25) is 5.71 Å². The van der Waals surface area contributed by atoms with E-state index in [4.69, 9.17) is 13.3 Å². The second-order valence-corrected chi connectivity index (χ2v) is 6.25. The maximum Gasteiger partial charge on any atom is 0.232 e. The van der Waals surface area contributed by atoms with Gasteiger partial charge in [-0.15, -0.1) is 0 Å². The zero-order chi connectivity index (χ0) is 18.9. The molecule has 4 aromatic heterocycles. The first-order valence-corrected chi connectivity index (χ1v) is 8.76. The molecule has 0 saturated heterocycles. The zero-order valence-corrected chi connectivity index (χ0v) is 15.0. The van der Waals surface area contributed by atoms with Gasteiger partial charge in [0.05, 0.1) is 23.5 Å². The fourth-order valence-electron chi connectivity index (χ4n) is 3.12. The van der Waals surface area contributed by atoms with Crippen LogP contribution in [0.2, 0.25) is 0 Å². The van der Waals surface area contributed by atoms with Crippen LogP contribution in [-0.2, 0) is 0 Å². The van der Waals surface area contributed by atoms with E-state index in [1.165, 1.54) is 6.33 Å². The third-order valence-electron chi connectivity index (χ3n) is 4.50. The molecule has 4 heterocycles. The van der Waals surface area contributed by atoms with Gasteiger partial charge in [0.15, 0.2) is 17.3 Å². The van der Waals surface area contributed by atoms with E-state index in [0.717, 1.165) is 11.1 Å². The van der Waals surface area contributed by atoms with Crippen molar-refractivity contribution in [1.29, 1.82) is 0 Å². The number of rotatable bonds is 4. The van der Waals surface area contributed by atoms with Crippen LogP contribution in [0.15, 0.2) is 85.6 Å². The van der Waals surface area contributed by atoms with Gasteiger partial charge in [0, 0.05) is 6.21 Å². The van der Waals surface area contributed by atoms with Gasteiger partial charge >= 0.3 is 0 Å². The number of aliphatic imine (C=N–C) groups is 1. The lowest BCUT2D eigenvalue weighted by Gasteiger charge is -2.00. The summed E-state index contributed by atoms with van der Waals surface area (Å²) in [6.45, 7) is 2.04. The standard InChI is InChI=1S/C22H15N3O3/c1-14-6-2-3-7-15(14)12-23-21-19-18(16-8-4-10-26-16)20(17-9-5-11-27-17)28-22(19)25-13-24-21/h2-13H,1H3. The minimum Gasteiger partial charge on any atom is -0.464 e. The van der Waals surface area contributed by atoms with Gasteiger partial charge in [-0.05, 0) is 42.3 Å². The second-order valence-electron chi connectivity index (χ2n) is 6.25. The van der Waals surface area contributed by atoms with Crippen molar-refractivity contribution in [2.45, 2.75) is 6.92 Å². The van der Waals surface area contributed by atoms with E-state index in [2.05, 4.69) is 15.0 Å². The molecule has 28 heavy (non-hydrogen) atoms. The van der Waals surface area contributed by atoms with Crippen LogP contribution in [0.1, 0.15) is 11.1 Å². The molecule has 0 aliphatic carbocycles. The second kappa shape index (κ2) is 6.66. The van der Waals surface area contributed by atoms with Crippen molar-refractivity contribution in [2.24, 2.45) is 4.99 Å². The normalized spacial score (nSPS) is 11.6. The van der Waals surface area contributed by atoms with Crippen LogP contribution in [0, 0.1) is 6.92 Å². The molecule has 136 valence electrons. The third-order valence-corrected chi connectivity index (χ3v) is 4.50. The number of hydrogen-bond acceptors (Lipinski definition) is 6. The molecule has 1 aromatic carbocycles.